The third kappa shape index (κ3) is 4.17. The molecule has 0 atom stereocenters. The van der Waals surface area contributed by atoms with Crippen molar-refractivity contribution in [1.82, 2.24) is 4.31 Å². The molecule has 0 unspecified atom stereocenters. The maximum Gasteiger partial charge on any atom is 0.417 e. The van der Waals surface area contributed by atoms with Gasteiger partial charge in [-0.3, -0.25) is 4.72 Å². The highest BCUT2D eigenvalue weighted by atomic mass is 32.2. The normalized spacial score (nSPS) is 13.0. The van der Waals surface area contributed by atoms with E-state index in [0.29, 0.717) is 6.07 Å². The highest BCUT2D eigenvalue weighted by molar-refractivity contribution is 7.92. The number of benzene rings is 2. The van der Waals surface area contributed by atoms with Gasteiger partial charge in [-0.15, -0.1) is 0 Å². The molecule has 11 heteroatoms. The van der Waals surface area contributed by atoms with E-state index in [-0.39, 0.29) is 10.6 Å². The van der Waals surface area contributed by atoms with Crippen molar-refractivity contribution in [3.05, 3.63) is 54.1 Å². The molecule has 0 aliphatic heterocycles. The lowest BCUT2D eigenvalue weighted by Gasteiger charge is -2.15. The Morgan fingerprint density at radius 2 is 1.42 bits per heavy atom. The third-order valence-corrected chi connectivity index (χ3v) is 6.64. The molecule has 0 saturated heterocycles. The zero-order valence-corrected chi connectivity index (χ0v) is 15.3. The van der Waals surface area contributed by atoms with Gasteiger partial charge in [-0.25, -0.2) is 21.1 Å². The molecule has 2 rings (SSSR count). The zero-order chi connectivity index (χ0) is 19.8. The predicted molar refractivity (Wildman–Crippen MR) is 89.6 cm³/mol. The second-order valence-corrected chi connectivity index (χ2v) is 9.21. The van der Waals surface area contributed by atoms with Crippen LogP contribution >= 0.6 is 0 Å². The summed E-state index contributed by atoms with van der Waals surface area (Å²) in [6.45, 7) is 0. The van der Waals surface area contributed by atoms with Crippen molar-refractivity contribution in [3.63, 3.8) is 0 Å². The summed E-state index contributed by atoms with van der Waals surface area (Å²) in [6.07, 6.45) is -4.84. The Morgan fingerprint density at radius 3 is 1.92 bits per heavy atom. The maximum atomic E-state index is 13.0. The van der Waals surface area contributed by atoms with Crippen molar-refractivity contribution in [2.75, 3.05) is 18.8 Å². The molecule has 0 saturated carbocycles. The van der Waals surface area contributed by atoms with Crippen LogP contribution in [-0.2, 0) is 26.2 Å². The molecule has 2 aromatic rings. The van der Waals surface area contributed by atoms with Crippen LogP contribution in [0.2, 0.25) is 0 Å². The Kier molecular flexibility index (Phi) is 5.36. The molecule has 6 nitrogen and oxygen atoms in total. The minimum absolute atomic E-state index is 0.0697. The van der Waals surface area contributed by atoms with Gasteiger partial charge in [0.1, 0.15) is 0 Å². The first-order chi connectivity index (χ1) is 11.9. The third-order valence-electron chi connectivity index (χ3n) is 3.37. The maximum absolute atomic E-state index is 13.0. The molecule has 142 valence electrons. The van der Waals surface area contributed by atoms with Gasteiger partial charge in [0.25, 0.3) is 10.0 Å². The van der Waals surface area contributed by atoms with Gasteiger partial charge in [-0.05, 0) is 36.4 Å². The lowest BCUT2D eigenvalue weighted by atomic mass is 10.2. The van der Waals surface area contributed by atoms with Gasteiger partial charge in [-0.2, -0.15) is 13.2 Å². The average molecular weight is 408 g/mol. The number of sulfonamides is 2. The molecule has 0 radical (unpaired) electrons. The summed E-state index contributed by atoms with van der Waals surface area (Å²) in [5.74, 6) is 0. The van der Waals surface area contributed by atoms with Crippen LogP contribution in [0.15, 0.2) is 58.3 Å². The topological polar surface area (TPSA) is 83.6 Å². The second kappa shape index (κ2) is 6.89. The van der Waals surface area contributed by atoms with Gasteiger partial charge in [0.15, 0.2) is 0 Å². The molecule has 0 fully saturated rings. The van der Waals surface area contributed by atoms with Crippen molar-refractivity contribution in [1.29, 1.82) is 0 Å². The summed E-state index contributed by atoms with van der Waals surface area (Å²) in [6, 6.07) is 8.40. The molecule has 0 aliphatic carbocycles. The number of hydrogen-bond acceptors (Lipinski definition) is 4. The number of alkyl halides is 3. The van der Waals surface area contributed by atoms with E-state index < -0.39 is 36.7 Å². The minimum atomic E-state index is -4.84. The molecule has 0 aliphatic rings. The van der Waals surface area contributed by atoms with E-state index in [1.807, 2.05) is 4.72 Å². The molecule has 0 bridgehead atoms. The lowest BCUT2D eigenvalue weighted by Crippen LogP contribution is -2.22. The van der Waals surface area contributed by atoms with Gasteiger partial charge in [0.05, 0.1) is 15.4 Å². The average Bonchev–Trinajstić information content (AvgIpc) is 2.54. The van der Waals surface area contributed by atoms with E-state index in [0.717, 1.165) is 40.7 Å². The number of nitrogens with zero attached hydrogens (tertiary/aromatic N) is 1. The summed E-state index contributed by atoms with van der Waals surface area (Å²) in [5, 5.41) is 0. The summed E-state index contributed by atoms with van der Waals surface area (Å²) in [7, 11) is -5.56. The standard InChI is InChI=1S/C15H15F3N2O4S2/c1-20(2)26(23,24)12-9-7-11(8-10-12)19-25(21,22)14-6-4-3-5-13(14)15(16,17)18/h3-10,19H,1-2H3. The van der Waals surface area contributed by atoms with E-state index in [1.54, 1.807) is 0 Å². The van der Waals surface area contributed by atoms with Gasteiger partial charge in [-0.1, -0.05) is 12.1 Å². The monoisotopic (exact) mass is 408 g/mol. The lowest BCUT2D eigenvalue weighted by molar-refractivity contribution is -0.139. The highest BCUT2D eigenvalue weighted by Crippen LogP contribution is 2.34. The number of rotatable bonds is 5. The first-order valence-corrected chi connectivity index (χ1v) is 9.99. The van der Waals surface area contributed by atoms with Crippen LogP contribution < -0.4 is 4.72 Å². The van der Waals surface area contributed by atoms with Crippen LogP contribution in [0.1, 0.15) is 5.56 Å². The SMILES string of the molecule is CN(C)S(=O)(=O)c1ccc(NS(=O)(=O)c2ccccc2C(F)(F)F)cc1. The van der Waals surface area contributed by atoms with E-state index in [4.69, 9.17) is 0 Å². The summed E-state index contributed by atoms with van der Waals surface area (Å²) < 4.78 is 90.6. The van der Waals surface area contributed by atoms with Crippen molar-refractivity contribution in [2.45, 2.75) is 16.0 Å². The van der Waals surface area contributed by atoms with E-state index >= 15 is 0 Å². The van der Waals surface area contributed by atoms with Gasteiger partial charge < -0.3 is 0 Å². The van der Waals surface area contributed by atoms with Crippen LogP contribution in [-0.4, -0.2) is 35.2 Å². The van der Waals surface area contributed by atoms with Gasteiger partial charge >= 0.3 is 6.18 Å². The predicted octanol–water partition coefficient (Wildman–Crippen LogP) is 2.76. The smallest absolute Gasteiger partial charge is 0.280 e. The van der Waals surface area contributed by atoms with Crippen molar-refractivity contribution in [3.8, 4) is 0 Å². The molecule has 26 heavy (non-hydrogen) atoms. The number of nitrogens with one attached hydrogen (secondary N) is 1. The molecule has 0 heterocycles. The van der Waals surface area contributed by atoms with Crippen LogP contribution in [0.5, 0.6) is 0 Å². The summed E-state index contributed by atoms with van der Waals surface area (Å²) >= 11 is 0. The number of anilines is 1. The molecule has 0 aromatic heterocycles. The highest BCUT2D eigenvalue weighted by Gasteiger charge is 2.36. The van der Waals surface area contributed by atoms with E-state index in [1.165, 1.54) is 20.2 Å². The Bertz CT molecular complexity index is 1000. The fraction of sp³-hybridized carbons (Fsp3) is 0.200. The number of hydrogen-bond donors (Lipinski definition) is 1. The van der Waals surface area contributed by atoms with Crippen LogP contribution in [0.3, 0.4) is 0 Å². The zero-order valence-electron chi connectivity index (χ0n) is 13.6. The minimum Gasteiger partial charge on any atom is -0.280 e. The largest absolute Gasteiger partial charge is 0.417 e. The van der Waals surface area contributed by atoms with Crippen molar-refractivity contribution in [2.24, 2.45) is 0 Å². The summed E-state index contributed by atoms with van der Waals surface area (Å²) in [5.41, 5.74) is -1.36. The van der Waals surface area contributed by atoms with Crippen molar-refractivity contribution >= 4 is 25.7 Å². The first-order valence-electron chi connectivity index (χ1n) is 7.07. The first kappa shape index (κ1) is 20.2. The molecule has 1 N–H and O–H groups in total. The molecule has 0 spiro atoms. The van der Waals surface area contributed by atoms with Gasteiger partial charge in [0.2, 0.25) is 10.0 Å². The van der Waals surface area contributed by atoms with Gasteiger partial charge in [0, 0.05) is 19.8 Å². The fourth-order valence-electron chi connectivity index (χ4n) is 2.05. The van der Waals surface area contributed by atoms with Crippen LogP contribution in [0.25, 0.3) is 0 Å². The second-order valence-electron chi connectivity index (χ2n) is 5.41. The molecular weight excluding hydrogens is 393 g/mol. The number of halogens is 3. The van der Waals surface area contributed by atoms with E-state index in [9.17, 15) is 30.0 Å². The Balaban J connectivity index is 2.38. The van der Waals surface area contributed by atoms with Crippen LogP contribution in [0, 0.1) is 0 Å². The molecule has 0 amide bonds. The fourth-order valence-corrected chi connectivity index (χ4v) is 4.24. The Labute approximate surface area is 149 Å². The molecule has 2 aromatic carbocycles. The summed E-state index contributed by atoms with van der Waals surface area (Å²) in [4.78, 5) is -1.00. The van der Waals surface area contributed by atoms with E-state index in [2.05, 4.69) is 0 Å². The Hall–Kier alpha value is -2.11. The van der Waals surface area contributed by atoms with Crippen molar-refractivity contribution < 1.29 is 30.0 Å². The quantitative estimate of drug-likeness (QED) is 0.825. The Morgan fingerprint density at radius 1 is 0.885 bits per heavy atom. The molecular formula is C15H15F3N2O4S2. The van der Waals surface area contributed by atoms with Crippen LogP contribution in [0.4, 0.5) is 18.9 Å².